The molecule has 2 rings (SSSR count). The van der Waals surface area contributed by atoms with Gasteiger partial charge in [-0.3, -0.25) is 14.9 Å². The summed E-state index contributed by atoms with van der Waals surface area (Å²) >= 11 is 0. The molecule has 1 aromatic carbocycles. The molecule has 0 bridgehead atoms. The monoisotopic (exact) mass is 377 g/mol. The number of amides is 3. The number of aliphatic carboxylic acids is 2. The molecular formula is C18H23N3O6. The molecule has 3 amide bonds. The Bertz CT molecular complexity index is 723. The minimum Gasteiger partial charge on any atom is -0.480 e. The second kappa shape index (κ2) is 8.63. The van der Waals surface area contributed by atoms with Crippen LogP contribution < -0.4 is 5.32 Å². The van der Waals surface area contributed by atoms with Crippen molar-refractivity contribution in [3.63, 3.8) is 0 Å². The van der Waals surface area contributed by atoms with Crippen LogP contribution in [0.5, 0.6) is 0 Å². The first kappa shape index (κ1) is 20.4. The number of hydrogen-bond acceptors (Lipinski definition) is 5. The number of likely N-dealkylation sites (N-methyl/N-ethyl adjacent to an activating group) is 1. The van der Waals surface area contributed by atoms with E-state index >= 15 is 0 Å². The second-order valence-corrected chi connectivity index (χ2v) is 6.53. The average molecular weight is 377 g/mol. The summed E-state index contributed by atoms with van der Waals surface area (Å²) in [5.41, 5.74) is 0.965. The fourth-order valence-electron chi connectivity index (χ4n) is 2.99. The lowest BCUT2D eigenvalue weighted by Gasteiger charge is -2.25. The van der Waals surface area contributed by atoms with Crippen molar-refractivity contribution in [3.05, 3.63) is 35.9 Å². The van der Waals surface area contributed by atoms with E-state index in [1.165, 1.54) is 14.0 Å². The van der Waals surface area contributed by atoms with Crippen LogP contribution in [-0.4, -0.2) is 75.6 Å². The Hall–Kier alpha value is -2.94. The smallest absolute Gasteiger partial charge is 0.328 e. The fraction of sp³-hybridized carbons (Fsp3) is 0.444. The summed E-state index contributed by atoms with van der Waals surface area (Å²) in [7, 11) is 1.41. The molecular weight excluding hydrogens is 354 g/mol. The lowest BCUT2D eigenvalue weighted by molar-refractivity contribution is -0.147. The highest BCUT2D eigenvalue weighted by Gasteiger charge is 2.45. The fourth-order valence-corrected chi connectivity index (χ4v) is 2.99. The van der Waals surface area contributed by atoms with Crippen molar-refractivity contribution < 1.29 is 29.4 Å². The molecule has 3 atom stereocenters. The lowest BCUT2D eigenvalue weighted by Crippen LogP contribution is -2.54. The van der Waals surface area contributed by atoms with E-state index in [2.05, 4.69) is 5.32 Å². The minimum absolute atomic E-state index is 0.108. The molecule has 0 radical (unpaired) electrons. The number of nitrogens with one attached hydrogen (secondary N) is 1. The largest absolute Gasteiger partial charge is 0.480 e. The molecule has 1 unspecified atom stereocenters. The Labute approximate surface area is 156 Å². The molecule has 1 aliphatic heterocycles. The first-order chi connectivity index (χ1) is 12.7. The molecule has 0 aromatic heterocycles. The summed E-state index contributed by atoms with van der Waals surface area (Å²) in [5, 5.41) is 21.4. The molecule has 0 aliphatic carbocycles. The highest BCUT2D eigenvalue weighted by Crippen LogP contribution is 2.17. The highest BCUT2D eigenvalue weighted by atomic mass is 16.4. The van der Waals surface area contributed by atoms with Gasteiger partial charge in [0.05, 0.1) is 12.6 Å². The van der Waals surface area contributed by atoms with Gasteiger partial charge in [0.25, 0.3) is 0 Å². The van der Waals surface area contributed by atoms with Gasteiger partial charge in [0.2, 0.25) is 5.91 Å². The number of benzene rings is 1. The van der Waals surface area contributed by atoms with Crippen LogP contribution in [0.2, 0.25) is 0 Å². The highest BCUT2D eigenvalue weighted by molar-refractivity contribution is 6.02. The van der Waals surface area contributed by atoms with Crippen LogP contribution in [0.3, 0.4) is 0 Å². The number of carbonyl (C=O) groups is 4. The maximum absolute atomic E-state index is 12.6. The number of aryl methyl sites for hydroxylation is 1. The van der Waals surface area contributed by atoms with Crippen LogP contribution in [-0.2, 0) is 20.8 Å². The summed E-state index contributed by atoms with van der Waals surface area (Å²) in [4.78, 5) is 49.4. The number of nitrogens with zero attached hydrogens (tertiary/aromatic N) is 2. The Balaban J connectivity index is 2.04. The molecule has 1 aromatic rings. The van der Waals surface area contributed by atoms with Gasteiger partial charge >= 0.3 is 18.0 Å². The maximum atomic E-state index is 12.6. The van der Waals surface area contributed by atoms with E-state index in [0.29, 0.717) is 11.3 Å². The van der Waals surface area contributed by atoms with E-state index in [1.807, 2.05) is 30.3 Å². The van der Waals surface area contributed by atoms with Crippen LogP contribution in [0.25, 0.3) is 0 Å². The molecule has 1 saturated heterocycles. The molecule has 27 heavy (non-hydrogen) atoms. The van der Waals surface area contributed by atoms with Gasteiger partial charge in [0.15, 0.2) is 6.04 Å². The Morgan fingerprint density at radius 1 is 1.22 bits per heavy atom. The normalized spacial score (nSPS) is 19.0. The number of urea groups is 1. The first-order valence-electron chi connectivity index (χ1n) is 8.56. The summed E-state index contributed by atoms with van der Waals surface area (Å²) in [5.74, 6) is -3.17. The standard InChI is InChI=1S/C18H23N3O6/c1-11(15(22)21-14(17(25)26)10-20(2)18(21)27)19-13(16(23)24)9-8-12-6-4-3-5-7-12/h3-7,11,13-14,19H,8-10H2,1-2H3,(H,23,24)(H,25,26)/t11-,13-,14?/m0/s1. The van der Waals surface area contributed by atoms with Crippen LogP contribution in [0.4, 0.5) is 4.79 Å². The van der Waals surface area contributed by atoms with Crippen molar-refractivity contribution in [3.8, 4) is 0 Å². The number of carboxylic acid groups (broad SMARTS) is 2. The molecule has 9 nitrogen and oxygen atoms in total. The van der Waals surface area contributed by atoms with Gasteiger partial charge in [0.1, 0.15) is 6.04 Å². The van der Waals surface area contributed by atoms with Crippen molar-refractivity contribution in [2.45, 2.75) is 37.9 Å². The number of carbonyl (C=O) groups excluding carboxylic acids is 2. The summed E-state index contributed by atoms with van der Waals surface area (Å²) < 4.78 is 0. The van der Waals surface area contributed by atoms with Gasteiger partial charge in [-0.25, -0.2) is 14.5 Å². The van der Waals surface area contributed by atoms with Gasteiger partial charge in [-0.1, -0.05) is 30.3 Å². The van der Waals surface area contributed by atoms with E-state index in [4.69, 9.17) is 0 Å². The van der Waals surface area contributed by atoms with Crippen molar-refractivity contribution in [1.29, 1.82) is 0 Å². The Kier molecular flexibility index (Phi) is 6.51. The minimum atomic E-state index is -1.29. The van der Waals surface area contributed by atoms with E-state index in [0.717, 1.165) is 10.5 Å². The van der Waals surface area contributed by atoms with Crippen LogP contribution in [0, 0.1) is 0 Å². The quantitative estimate of drug-likeness (QED) is 0.598. The van der Waals surface area contributed by atoms with E-state index in [-0.39, 0.29) is 13.0 Å². The molecule has 1 aliphatic rings. The zero-order chi connectivity index (χ0) is 20.1. The topological polar surface area (TPSA) is 127 Å². The molecule has 146 valence electrons. The predicted octanol–water partition coefficient (Wildman–Crippen LogP) is 0.398. The number of imide groups is 1. The summed E-state index contributed by atoms with van der Waals surface area (Å²) in [6.07, 6.45) is 0.738. The van der Waals surface area contributed by atoms with Crippen molar-refractivity contribution in [2.75, 3.05) is 13.6 Å². The predicted molar refractivity (Wildman–Crippen MR) is 95.1 cm³/mol. The Morgan fingerprint density at radius 3 is 2.41 bits per heavy atom. The third kappa shape index (κ3) is 4.82. The van der Waals surface area contributed by atoms with Crippen molar-refractivity contribution >= 4 is 23.9 Å². The number of rotatable bonds is 8. The first-order valence-corrected chi connectivity index (χ1v) is 8.56. The zero-order valence-corrected chi connectivity index (χ0v) is 15.2. The lowest BCUT2D eigenvalue weighted by atomic mass is 10.0. The van der Waals surface area contributed by atoms with E-state index in [1.54, 1.807) is 0 Å². The molecule has 1 fully saturated rings. The van der Waals surface area contributed by atoms with Gasteiger partial charge in [0, 0.05) is 7.05 Å². The summed E-state index contributed by atoms with van der Waals surface area (Å²) in [6, 6.07) is 5.29. The van der Waals surface area contributed by atoms with Gasteiger partial charge < -0.3 is 15.1 Å². The molecule has 0 saturated carbocycles. The average Bonchev–Trinajstić information content (AvgIpc) is 2.93. The zero-order valence-electron chi connectivity index (χ0n) is 15.2. The van der Waals surface area contributed by atoms with Crippen LogP contribution in [0.15, 0.2) is 30.3 Å². The maximum Gasteiger partial charge on any atom is 0.328 e. The molecule has 1 heterocycles. The number of carboxylic acids is 2. The van der Waals surface area contributed by atoms with Crippen LogP contribution in [0.1, 0.15) is 18.9 Å². The van der Waals surface area contributed by atoms with Gasteiger partial charge in [-0.2, -0.15) is 0 Å². The van der Waals surface area contributed by atoms with Crippen LogP contribution >= 0.6 is 0 Å². The van der Waals surface area contributed by atoms with Crippen molar-refractivity contribution in [2.24, 2.45) is 0 Å². The molecule has 0 spiro atoms. The number of hydrogen-bond donors (Lipinski definition) is 3. The third-order valence-corrected chi connectivity index (χ3v) is 4.50. The molecule has 9 heteroatoms. The Morgan fingerprint density at radius 2 is 1.85 bits per heavy atom. The van der Waals surface area contributed by atoms with Gasteiger partial charge in [-0.15, -0.1) is 0 Å². The third-order valence-electron chi connectivity index (χ3n) is 4.50. The van der Waals surface area contributed by atoms with Gasteiger partial charge in [-0.05, 0) is 25.3 Å². The summed E-state index contributed by atoms with van der Waals surface area (Å²) in [6.45, 7) is 1.31. The van der Waals surface area contributed by atoms with E-state index < -0.39 is 42.0 Å². The van der Waals surface area contributed by atoms with E-state index in [9.17, 15) is 29.4 Å². The SMILES string of the molecule is C[C@H](N[C@@H](CCc1ccccc1)C(=O)O)C(=O)N1C(=O)N(C)CC1C(=O)O. The van der Waals surface area contributed by atoms with Crippen molar-refractivity contribution in [1.82, 2.24) is 15.1 Å². The molecule has 3 N–H and O–H groups in total. The second-order valence-electron chi connectivity index (χ2n) is 6.53.